The first-order valence-corrected chi connectivity index (χ1v) is 10.6. The standard InChI is InChI=1S/C25H29N3O2/c29-25(20-30-24-11-10-22-8-4-5-9-23(22)18-24)26-12-13-27-14-16-28(17-15-27)19-21-6-2-1-3-7-21/h1-11,18H,12-17,19-20H2,(H,26,29). The normalized spacial score (nSPS) is 15.2. The van der Waals surface area contributed by atoms with E-state index in [2.05, 4.69) is 51.5 Å². The minimum atomic E-state index is -0.0779. The summed E-state index contributed by atoms with van der Waals surface area (Å²) in [6.45, 7) is 6.79. The van der Waals surface area contributed by atoms with Gasteiger partial charge in [0, 0.05) is 45.8 Å². The maximum Gasteiger partial charge on any atom is 0.257 e. The Hall–Kier alpha value is -2.89. The molecule has 1 aliphatic rings. The van der Waals surface area contributed by atoms with E-state index in [9.17, 15) is 4.79 Å². The van der Waals surface area contributed by atoms with Crippen LogP contribution >= 0.6 is 0 Å². The molecule has 30 heavy (non-hydrogen) atoms. The number of ether oxygens (including phenoxy) is 1. The van der Waals surface area contributed by atoms with Gasteiger partial charge in [-0.25, -0.2) is 0 Å². The van der Waals surface area contributed by atoms with Crippen LogP contribution in [0.15, 0.2) is 72.8 Å². The van der Waals surface area contributed by atoms with Gasteiger partial charge in [-0.05, 0) is 28.5 Å². The van der Waals surface area contributed by atoms with E-state index in [0.29, 0.717) is 6.54 Å². The number of nitrogens with zero attached hydrogens (tertiary/aromatic N) is 2. The molecule has 3 aromatic rings. The van der Waals surface area contributed by atoms with Crippen LogP contribution in [0.4, 0.5) is 0 Å². The van der Waals surface area contributed by atoms with Crippen molar-refractivity contribution in [1.82, 2.24) is 15.1 Å². The number of hydrogen-bond acceptors (Lipinski definition) is 4. The number of fused-ring (bicyclic) bond motifs is 1. The molecule has 0 radical (unpaired) electrons. The van der Waals surface area contributed by atoms with Gasteiger partial charge < -0.3 is 10.1 Å². The largest absolute Gasteiger partial charge is 0.484 e. The number of carbonyl (C=O) groups excluding carboxylic acids is 1. The monoisotopic (exact) mass is 403 g/mol. The lowest BCUT2D eigenvalue weighted by molar-refractivity contribution is -0.123. The summed E-state index contributed by atoms with van der Waals surface area (Å²) in [5.74, 6) is 0.643. The van der Waals surface area contributed by atoms with E-state index in [4.69, 9.17) is 4.74 Å². The SMILES string of the molecule is O=C(COc1ccc2ccccc2c1)NCCN1CCN(Cc2ccccc2)CC1. The molecule has 1 fully saturated rings. The third-order valence-electron chi connectivity index (χ3n) is 5.55. The molecule has 0 atom stereocenters. The van der Waals surface area contributed by atoms with Gasteiger partial charge in [-0.2, -0.15) is 0 Å². The van der Waals surface area contributed by atoms with Crippen molar-refractivity contribution in [1.29, 1.82) is 0 Å². The predicted molar refractivity (Wildman–Crippen MR) is 121 cm³/mol. The van der Waals surface area contributed by atoms with E-state index < -0.39 is 0 Å². The van der Waals surface area contributed by atoms with Crippen LogP contribution < -0.4 is 10.1 Å². The second-order valence-electron chi connectivity index (χ2n) is 7.75. The molecule has 0 aromatic heterocycles. The third-order valence-corrected chi connectivity index (χ3v) is 5.55. The molecular weight excluding hydrogens is 374 g/mol. The summed E-state index contributed by atoms with van der Waals surface area (Å²) in [7, 11) is 0. The molecule has 156 valence electrons. The molecular formula is C25H29N3O2. The van der Waals surface area contributed by atoms with Crippen LogP contribution in [-0.2, 0) is 11.3 Å². The second-order valence-corrected chi connectivity index (χ2v) is 7.75. The van der Waals surface area contributed by atoms with Gasteiger partial charge in [0.25, 0.3) is 5.91 Å². The van der Waals surface area contributed by atoms with Crippen LogP contribution in [0.3, 0.4) is 0 Å². The Morgan fingerprint density at radius 2 is 1.53 bits per heavy atom. The Balaban J connectivity index is 1.12. The van der Waals surface area contributed by atoms with Gasteiger partial charge in [-0.15, -0.1) is 0 Å². The Kier molecular flexibility index (Phi) is 6.95. The lowest BCUT2D eigenvalue weighted by Crippen LogP contribution is -2.48. The van der Waals surface area contributed by atoms with Crippen molar-refractivity contribution in [2.24, 2.45) is 0 Å². The van der Waals surface area contributed by atoms with Crippen LogP contribution in [-0.4, -0.2) is 61.6 Å². The van der Waals surface area contributed by atoms with Crippen LogP contribution in [0.5, 0.6) is 5.75 Å². The van der Waals surface area contributed by atoms with Gasteiger partial charge >= 0.3 is 0 Å². The number of amides is 1. The lowest BCUT2D eigenvalue weighted by Gasteiger charge is -2.34. The summed E-state index contributed by atoms with van der Waals surface area (Å²) in [5.41, 5.74) is 1.37. The Labute approximate surface area is 178 Å². The van der Waals surface area contributed by atoms with Crippen LogP contribution in [0.2, 0.25) is 0 Å². The van der Waals surface area contributed by atoms with E-state index in [0.717, 1.165) is 55.8 Å². The first kappa shape index (κ1) is 20.4. The maximum absolute atomic E-state index is 12.1. The summed E-state index contributed by atoms with van der Waals surface area (Å²) in [5, 5.41) is 5.25. The minimum absolute atomic E-state index is 0.0448. The van der Waals surface area contributed by atoms with Gasteiger partial charge in [0.05, 0.1) is 0 Å². The van der Waals surface area contributed by atoms with Crippen LogP contribution in [0.25, 0.3) is 10.8 Å². The van der Waals surface area contributed by atoms with Gasteiger partial charge in [-0.1, -0.05) is 60.7 Å². The topological polar surface area (TPSA) is 44.8 Å². The zero-order valence-electron chi connectivity index (χ0n) is 17.3. The smallest absolute Gasteiger partial charge is 0.257 e. The first-order chi connectivity index (χ1) is 14.8. The molecule has 1 heterocycles. The summed E-state index contributed by atoms with van der Waals surface area (Å²) < 4.78 is 5.66. The van der Waals surface area contributed by atoms with Gasteiger partial charge in [0.15, 0.2) is 6.61 Å². The number of benzene rings is 3. The molecule has 5 nitrogen and oxygen atoms in total. The molecule has 5 heteroatoms. The molecule has 0 unspecified atom stereocenters. The average Bonchev–Trinajstić information content (AvgIpc) is 2.79. The first-order valence-electron chi connectivity index (χ1n) is 10.6. The summed E-state index contributed by atoms with van der Waals surface area (Å²) in [6, 6.07) is 24.6. The van der Waals surface area contributed by atoms with Crippen molar-refractivity contribution in [3.8, 4) is 5.75 Å². The number of carbonyl (C=O) groups is 1. The zero-order chi connectivity index (χ0) is 20.6. The number of nitrogens with one attached hydrogen (secondary N) is 1. The summed E-state index contributed by atoms with van der Waals surface area (Å²) in [4.78, 5) is 17.0. The van der Waals surface area contributed by atoms with E-state index >= 15 is 0 Å². The van der Waals surface area contributed by atoms with E-state index in [1.807, 2.05) is 36.4 Å². The highest BCUT2D eigenvalue weighted by molar-refractivity contribution is 5.84. The van der Waals surface area contributed by atoms with E-state index in [1.165, 1.54) is 5.56 Å². The molecule has 0 bridgehead atoms. The van der Waals surface area contributed by atoms with E-state index in [-0.39, 0.29) is 12.5 Å². The summed E-state index contributed by atoms with van der Waals surface area (Å²) in [6.07, 6.45) is 0. The molecule has 1 N–H and O–H groups in total. The Morgan fingerprint density at radius 1 is 0.833 bits per heavy atom. The third kappa shape index (κ3) is 5.81. The number of hydrogen-bond donors (Lipinski definition) is 1. The fraction of sp³-hybridized carbons (Fsp3) is 0.320. The van der Waals surface area contributed by atoms with Crippen molar-refractivity contribution in [3.05, 3.63) is 78.4 Å². The predicted octanol–water partition coefficient (Wildman–Crippen LogP) is 3.15. The quantitative estimate of drug-likeness (QED) is 0.628. The van der Waals surface area contributed by atoms with Crippen molar-refractivity contribution in [2.75, 3.05) is 45.9 Å². The Morgan fingerprint density at radius 3 is 2.33 bits per heavy atom. The minimum Gasteiger partial charge on any atom is -0.484 e. The van der Waals surface area contributed by atoms with E-state index in [1.54, 1.807) is 0 Å². The molecule has 4 rings (SSSR count). The van der Waals surface area contributed by atoms with Gasteiger partial charge in [0.1, 0.15) is 5.75 Å². The molecule has 0 saturated carbocycles. The molecule has 1 saturated heterocycles. The molecule has 0 aliphatic carbocycles. The van der Waals surface area contributed by atoms with Crippen molar-refractivity contribution in [3.63, 3.8) is 0 Å². The maximum atomic E-state index is 12.1. The fourth-order valence-corrected chi connectivity index (χ4v) is 3.82. The fourth-order valence-electron chi connectivity index (χ4n) is 3.82. The molecule has 1 amide bonds. The second kappa shape index (κ2) is 10.2. The highest BCUT2D eigenvalue weighted by atomic mass is 16.5. The number of piperazine rings is 1. The highest BCUT2D eigenvalue weighted by Gasteiger charge is 2.16. The van der Waals surface area contributed by atoms with Crippen LogP contribution in [0, 0.1) is 0 Å². The van der Waals surface area contributed by atoms with Crippen molar-refractivity contribution >= 4 is 16.7 Å². The molecule has 0 spiro atoms. The average molecular weight is 404 g/mol. The summed E-state index contributed by atoms with van der Waals surface area (Å²) >= 11 is 0. The van der Waals surface area contributed by atoms with Crippen LogP contribution in [0.1, 0.15) is 5.56 Å². The zero-order valence-corrected chi connectivity index (χ0v) is 17.3. The molecule has 3 aromatic carbocycles. The van der Waals surface area contributed by atoms with Gasteiger partial charge in [-0.3, -0.25) is 14.6 Å². The molecule has 1 aliphatic heterocycles. The number of rotatable bonds is 8. The van der Waals surface area contributed by atoms with Crippen molar-refractivity contribution < 1.29 is 9.53 Å². The van der Waals surface area contributed by atoms with Crippen molar-refractivity contribution in [2.45, 2.75) is 6.54 Å². The highest BCUT2D eigenvalue weighted by Crippen LogP contribution is 2.20. The van der Waals surface area contributed by atoms with Gasteiger partial charge in [0.2, 0.25) is 0 Å². The Bertz CT molecular complexity index is 953. The lowest BCUT2D eigenvalue weighted by atomic mass is 10.1.